The summed E-state index contributed by atoms with van der Waals surface area (Å²) in [6.07, 6.45) is 2.63. The number of aliphatic carboxylic acids is 1. The van der Waals surface area contributed by atoms with Crippen LogP contribution < -0.4 is 23.7 Å². The van der Waals surface area contributed by atoms with E-state index in [1.54, 1.807) is 30.3 Å². The Labute approximate surface area is 201 Å². The third kappa shape index (κ3) is 4.72. The first kappa shape index (κ1) is 23.9. The summed E-state index contributed by atoms with van der Waals surface area (Å²) in [4.78, 5) is 37.9. The molecule has 2 aliphatic heterocycles. The number of Topliss-reactive ketones (excluding diaryl/α,β-unsaturated/α-hetero) is 1. The van der Waals surface area contributed by atoms with Crippen LogP contribution in [-0.4, -0.2) is 68.2 Å². The monoisotopic (exact) mass is 483 g/mol. The number of hydrogen-bond acceptors (Lipinski definition) is 8. The van der Waals surface area contributed by atoms with E-state index in [9.17, 15) is 19.5 Å². The normalized spacial score (nSPS) is 17.7. The minimum absolute atomic E-state index is 0.101. The molecule has 1 amide bonds. The Hall–Kier alpha value is -4.21. The van der Waals surface area contributed by atoms with Crippen molar-refractivity contribution in [1.29, 1.82) is 0 Å². The van der Waals surface area contributed by atoms with E-state index in [2.05, 4.69) is 0 Å². The molecule has 35 heavy (non-hydrogen) atoms. The number of likely N-dealkylation sites (tertiary alicyclic amines) is 1. The van der Waals surface area contributed by atoms with Crippen LogP contribution in [0.2, 0.25) is 0 Å². The first-order valence-electron chi connectivity index (χ1n) is 10.9. The van der Waals surface area contributed by atoms with Crippen molar-refractivity contribution < 1.29 is 43.2 Å². The fourth-order valence-corrected chi connectivity index (χ4v) is 4.14. The Morgan fingerprint density at radius 3 is 2.46 bits per heavy atom. The number of rotatable bonds is 8. The Morgan fingerprint density at radius 2 is 1.83 bits per heavy atom. The third-order valence-corrected chi connectivity index (χ3v) is 5.85. The van der Waals surface area contributed by atoms with Crippen LogP contribution in [0.3, 0.4) is 0 Å². The van der Waals surface area contributed by atoms with Gasteiger partial charge < -0.3 is 33.7 Å². The van der Waals surface area contributed by atoms with E-state index in [1.807, 2.05) is 0 Å². The summed E-state index contributed by atoms with van der Waals surface area (Å²) in [7, 11) is 4.50. The van der Waals surface area contributed by atoms with Gasteiger partial charge in [-0.1, -0.05) is 0 Å². The van der Waals surface area contributed by atoms with Crippen molar-refractivity contribution in [2.24, 2.45) is 0 Å². The molecule has 10 heteroatoms. The molecule has 1 fully saturated rings. The highest BCUT2D eigenvalue weighted by atomic mass is 16.5. The molecule has 10 nitrogen and oxygen atoms in total. The van der Waals surface area contributed by atoms with E-state index >= 15 is 0 Å². The second kappa shape index (κ2) is 9.96. The molecule has 2 aromatic rings. The predicted octanol–water partition coefficient (Wildman–Crippen LogP) is 2.78. The number of benzene rings is 2. The van der Waals surface area contributed by atoms with Crippen molar-refractivity contribution in [3.05, 3.63) is 47.2 Å². The van der Waals surface area contributed by atoms with Crippen molar-refractivity contribution in [2.75, 3.05) is 34.5 Å². The first-order chi connectivity index (χ1) is 16.9. The van der Waals surface area contributed by atoms with E-state index in [-0.39, 0.29) is 18.1 Å². The Bertz CT molecular complexity index is 1180. The molecule has 0 aromatic heterocycles. The first-order valence-corrected chi connectivity index (χ1v) is 10.9. The number of hydrogen-bond donors (Lipinski definition) is 1. The number of carbonyl (C=O) groups is 3. The van der Waals surface area contributed by atoms with Crippen LogP contribution in [0.5, 0.6) is 28.7 Å². The number of amides is 1. The zero-order valence-corrected chi connectivity index (χ0v) is 19.5. The second-order valence-corrected chi connectivity index (χ2v) is 7.93. The van der Waals surface area contributed by atoms with Gasteiger partial charge in [0.2, 0.25) is 11.5 Å². The molecule has 2 aliphatic rings. The zero-order valence-electron chi connectivity index (χ0n) is 19.5. The lowest BCUT2D eigenvalue weighted by Crippen LogP contribution is -2.42. The van der Waals surface area contributed by atoms with E-state index in [0.29, 0.717) is 59.3 Å². The number of fused-ring (bicyclic) bond motifs is 1. The summed E-state index contributed by atoms with van der Waals surface area (Å²) in [6, 6.07) is 7.20. The molecule has 0 unspecified atom stereocenters. The lowest BCUT2D eigenvalue weighted by molar-refractivity contribution is -0.148. The average molecular weight is 483 g/mol. The van der Waals surface area contributed by atoms with Gasteiger partial charge in [0.15, 0.2) is 23.9 Å². The fourth-order valence-electron chi connectivity index (χ4n) is 4.14. The topological polar surface area (TPSA) is 121 Å². The average Bonchev–Trinajstić information content (AvgIpc) is 3.47. The minimum atomic E-state index is -1.02. The maximum atomic E-state index is 12.8. The number of nitrogens with zero attached hydrogens (tertiary/aromatic N) is 1. The molecule has 0 aliphatic carbocycles. The number of allylic oxidation sites excluding steroid dienone is 1. The number of ether oxygens (including phenoxy) is 5. The van der Waals surface area contributed by atoms with E-state index < -0.39 is 17.9 Å². The minimum Gasteiger partial charge on any atom is -0.493 e. The molecule has 0 saturated carbocycles. The molecule has 0 spiro atoms. The molecule has 1 saturated heterocycles. The van der Waals surface area contributed by atoms with E-state index in [4.69, 9.17) is 23.7 Å². The third-order valence-electron chi connectivity index (χ3n) is 5.85. The molecule has 184 valence electrons. The number of carboxylic acid groups (broad SMARTS) is 1. The van der Waals surface area contributed by atoms with Gasteiger partial charge in [-0.25, -0.2) is 4.79 Å². The van der Waals surface area contributed by atoms with Crippen LogP contribution in [0.4, 0.5) is 0 Å². The van der Waals surface area contributed by atoms with Gasteiger partial charge in [-0.3, -0.25) is 9.59 Å². The van der Waals surface area contributed by atoms with Crippen molar-refractivity contribution >= 4 is 23.7 Å². The molecule has 2 heterocycles. The van der Waals surface area contributed by atoms with Crippen LogP contribution in [-0.2, 0) is 9.59 Å². The molecule has 0 radical (unpaired) electrons. The molecular formula is C25H25NO9. The fraction of sp³-hybridized carbons (Fsp3) is 0.320. The van der Waals surface area contributed by atoms with Gasteiger partial charge in [-0.15, -0.1) is 0 Å². The number of carboxylic acids is 1. The summed E-state index contributed by atoms with van der Waals surface area (Å²) in [5, 5.41) is 9.26. The summed E-state index contributed by atoms with van der Waals surface area (Å²) in [5.41, 5.74) is 0.962. The van der Waals surface area contributed by atoms with Gasteiger partial charge in [-0.2, -0.15) is 0 Å². The summed E-state index contributed by atoms with van der Waals surface area (Å²) >= 11 is 0. The maximum absolute atomic E-state index is 12.8. The van der Waals surface area contributed by atoms with Crippen molar-refractivity contribution in [3.8, 4) is 28.7 Å². The van der Waals surface area contributed by atoms with Crippen LogP contribution in [0.15, 0.2) is 36.1 Å². The van der Waals surface area contributed by atoms with Gasteiger partial charge in [0.1, 0.15) is 17.5 Å². The molecule has 0 bridgehead atoms. The van der Waals surface area contributed by atoms with E-state index in [0.717, 1.165) is 0 Å². The van der Waals surface area contributed by atoms with Gasteiger partial charge in [-0.05, 0) is 48.7 Å². The van der Waals surface area contributed by atoms with Crippen molar-refractivity contribution in [2.45, 2.75) is 18.9 Å². The van der Waals surface area contributed by atoms with Crippen LogP contribution in [0.25, 0.3) is 6.08 Å². The molecule has 1 N–H and O–H groups in total. The Kier molecular flexibility index (Phi) is 6.81. The van der Waals surface area contributed by atoms with Crippen LogP contribution in [0.1, 0.15) is 28.8 Å². The zero-order chi connectivity index (χ0) is 25.1. The highest BCUT2D eigenvalue weighted by Crippen LogP contribution is 2.40. The molecule has 4 rings (SSSR count). The quantitative estimate of drug-likeness (QED) is 0.565. The SMILES string of the molecule is COc1cc(/C=C2/Oc3cc(OCC(=O)N4CCC[C@H]4C(=O)O)ccc3C2=O)cc(OC)c1OC. The van der Waals surface area contributed by atoms with Gasteiger partial charge in [0.25, 0.3) is 5.91 Å². The Morgan fingerprint density at radius 1 is 1.11 bits per heavy atom. The van der Waals surface area contributed by atoms with Crippen LogP contribution >= 0.6 is 0 Å². The van der Waals surface area contributed by atoms with Crippen molar-refractivity contribution in [3.63, 3.8) is 0 Å². The largest absolute Gasteiger partial charge is 0.493 e. The smallest absolute Gasteiger partial charge is 0.326 e. The van der Waals surface area contributed by atoms with Crippen LogP contribution in [0, 0.1) is 0 Å². The van der Waals surface area contributed by atoms with Gasteiger partial charge in [0, 0.05) is 12.6 Å². The standard InChI is InChI=1S/C25H25NO9/c1-31-20-10-14(11-21(32-2)24(20)33-3)9-19-23(28)16-7-6-15(12-18(16)35-19)34-13-22(27)26-8-4-5-17(26)25(29)30/h6-7,9-12,17H,4-5,8,13H2,1-3H3,(H,29,30)/b19-9+/t17-/m0/s1. The molecular weight excluding hydrogens is 458 g/mol. The molecule has 1 atom stereocenters. The van der Waals surface area contributed by atoms with Crippen molar-refractivity contribution in [1.82, 2.24) is 4.90 Å². The second-order valence-electron chi connectivity index (χ2n) is 7.93. The predicted molar refractivity (Wildman–Crippen MR) is 123 cm³/mol. The lowest BCUT2D eigenvalue weighted by atomic mass is 10.1. The number of methoxy groups -OCH3 is 3. The lowest BCUT2D eigenvalue weighted by Gasteiger charge is -2.21. The highest BCUT2D eigenvalue weighted by Gasteiger charge is 2.34. The summed E-state index contributed by atoms with van der Waals surface area (Å²) in [5.74, 6) is 0.284. The van der Waals surface area contributed by atoms with E-state index in [1.165, 1.54) is 32.3 Å². The van der Waals surface area contributed by atoms with Gasteiger partial charge >= 0.3 is 5.97 Å². The molecule has 2 aromatic carbocycles. The maximum Gasteiger partial charge on any atom is 0.326 e. The highest BCUT2D eigenvalue weighted by molar-refractivity contribution is 6.14. The summed E-state index contributed by atoms with van der Waals surface area (Å²) < 4.78 is 27.4. The summed E-state index contributed by atoms with van der Waals surface area (Å²) in [6.45, 7) is 0.0701. The number of carbonyl (C=O) groups excluding carboxylic acids is 2. The van der Waals surface area contributed by atoms with Gasteiger partial charge in [0.05, 0.1) is 26.9 Å². The number of ketones is 1. The Balaban J connectivity index is 1.49.